The van der Waals surface area contributed by atoms with Crippen LogP contribution in [-0.2, 0) is 6.54 Å². The van der Waals surface area contributed by atoms with Crippen LogP contribution in [0.4, 0.5) is 10.2 Å². The molecule has 1 saturated heterocycles. The van der Waals surface area contributed by atoms with Crippen molar-refractivity contribution in [3.8, 4) is 0 Å². The minimum atomic E-state index is -0.567. The number of anilines is 1. The van der Waals surface area contributed by atoms with Crippen molar-refractivity contribution in [3.63, 3.8) is 0 Å². The molecule has 0 spiro atoms. The third-order valence-corrected chi connectivity index (χ3v) is 5.34. The molecule has 4 heterocycles. The second kappa shape index (κ2) is 6.40. The smallest absolute Gasteiger partial charge is 0.271 e. The zero-order chi connectivity index (χ0) is 17.0. The first kappa shape index (κ1) is 17.8. The maximum Gasteiger partial charge on any atom is 0.271 e. The maximum atomic E-state index is 14.6. The van der Waals surface area contributed by atoms with Gasteiger partial charge in [-0.2, -0.15) is 0 Å². The quantitative estimate of drug-likeness (QED) is 0.695. The lowest BCUT2D eigenvalue weighted by Gasteiger charge is -2.19. The second-order valence-electron chi connectivity index (χ2n) is 5.95. The van der Waals surface area contributed by atoms with E-state index in [0.717, 1.165) is 18.0 Å². The number of nitrogens with two attached hydrogens (primary N) is 1. The molecule has 0 bridgehead atoms. The number of aromatic amines is 1. The van der Waals surface area contributed by atoms with Crippen LogP contribution in [0.5, 0.6) is 0 Å². The van der Waals surface area contributed by atoms with Crippen molar-refractivity contribution < 1.29 is 4.39 Å². The van der Waals surface area contributed by atoms with Crippen LogP contribution in [0.1, 0.15) is 13.3 Å². The minimum absolute atomic E-state index is 0. The van der Waals surface area contributed by atoms with Crippen molar-refractivity contribution in [3.05, 3.63) is 32.5 Å². The van der Waals surface area contributed by atoms with Gasteiger partial charge in [-0.15, -0.1) is 12.4 Å². The van der Waals surface area contributed by atoms with E-state index in [4.69, 9.17) is 5.73 Å². The SMILES string of the molecule is CCn1c2nc(N3CCC(N)C3)c(F)cc2c(=O)c2c(=O)[nH]sc21.Cl. The fourth-order valence-corrected chi connectivity index (χ4v) is 4.16. The number of fused-ring (bicyclic) bond motifs is 2. The summed E-state index contributed by atoms with van der Waals surface area (Å²) in [6, 6.07) is 1.18. The average Bonchev–Trinajstić information content (AvgIpc) is 3.15. The van der Waals surface area contributed by atoms with Crippen molar-refractivity contribution in [1.29, 1.82) is 0 Å². The summed E-state index contributed by atoms with van der Waals surface area (Å²) >= 11 is 1.09. The van der Waals surface area contributed by atoms with E-state index in [9.17, 15) is 14.0 Å². The zero-order valence-electron chi connectivity index (χ0n) is 13.4. The summed E-state index contributed by atoms with van der Waals surface area (Å²) in [4.78, 5) is 31.3. The number of hydrogen-bond acceptors (Lipinski definition) is 6. The first-order valence-electron chi connectivity index (χ1n) is 7.76. The molecule has 1 unspecified atom stereocenters. The van der Waals surface area contributed by atoms with Crippen molar-refractivity contribution >= 4 is 51.0 Å². The van der Waals surface area contributed by atoms with Gasteiger partial charge in [0.1, 0.15) is 15.9 Å². The monoisotopic (exact) mass is 385 g/mol. The van der Waals surface area contributed by atoms with E-state index in [1.807, 2.05) is 6.92 Å². The Morgan fingerprint density at radius 3 is 2.88 bits per heavy atom. The van der Waals surface area contributed by atoms with E-state index in [-0.39, 0.29) is 35.0 Å². The van der Waals surface area contributed by atoms with Gasteiger partial charge in [-0.3, -0.25) is 14.0 Å². The molecule has 3 N–H and O–H groups in total. The number of halogens is 2. The van der Waals surface area contributed by atoms with Crippen LogP contribution in [0, 0.1) is 5.82 Å². The van der Waals surface area contributed by atoms with Crippen LogP contribution in [-0.4, -0.2) is 33.1 Å². The normalized spacial score (nSPS) is 17.4. The predicted molar refractivity (Wildman–Crippen MR) is 99.7 cm³/mol. The van der Waals surface area contributed by atoms with E-state index < -0.39 is 16.8 Å². The zero-order valence-corrected chi connectivity index (χ0v) is 15.0. The summed E-state index contributed by atoms with van der Waals surface area (Å²) in [5, 5.41) is 0.185. The number of aromatic nitrogens is 3. The highest BCUT2D eigenvalue weighted by molar-refractivity contribution is 7.12. The number of nitrogens with zero attached hydrogens (tertiary/aromatic N) is 3. The Morgan fingerprint density at radius 1 is 1.48 bits per heavy atom. The molecule has 0 aliphatic carbocycles. The Morgan fingerprint density at radius 2 is 2.24 bits per heavy atom. The Labute approximate surface area is 151 Å². The van der Waals surface area contributed by atoms with Gasteiger partial charge in [0.15, 0.2) is 11.6 Å². The molecule has 0 aromatic carbocycles. The van der Waals surface area contributed by atoms with Gasteiger partial charge in [-0.25, -0.2) is 9.37 Å². The third-order valence-electron chi connectivity index (χ3n) is 4.43. The molecular weight excluding hydrogens is 369 g/mol. The fourth-order valence-electron chi connectivity index (χ4n) is 3.25. The number of rotatable bonds is 2. The highest BCUT2D eigenvalue weighted by Gasteiger charge is 2.25. The molecule has 3 aromatic rings. The minimum Gasteiger partial charge on any atom is -0.353 e. The number of aryl methyl sites for hydroxylation is 1. The Hall–Kier alpha value is -1.97. The van der Waals surface area contributed by atoms with E-state index in [1.54, 1.807) is 9.47 Å². The standard InChI is InChI=1S/C15H16FN5O2S.ClH/c1-2-21-12-8(11(22)10-14(23)19-24-15(10)21)5-9(16)13(18-12)20-4-3-7(17)6-20;/h5,7H,2-4,6,17H2,1H3,(H,19,23);1H. The molecule has 3 aromatic heterocycles. The molecular formula is C15H17ClFN5O2S. The number of hydrogen-bond donors (Lipinski definition) is 2. The highest BCUT2D eigenvalue weighted by Crippen LogP contribution is 2.26. The molecule has 1 fully saturated rings. The van der Waals surface area contributed by atoms with Crippen molar-refractivity contribution in [2.24, 2.45) is 5.73 Å². The molecule has 1 aliphatic rings. The van der Waals surface area contributed by atoms with Crippen molar-refractivity contribution in [2.45, 2.75) is 25.9 Å². The third kappa shape index (κ3) is 2.62. The van der Waals surface area contributed by atoms with Crippen molar-refractivity contribution in [1.82, 2.24) is 13.9 Å². The van der Waals surface area contributed by atoms with Crippen LogP contribution < -0.4 is 21.6 Å². The van der Waals surface area contributed by atoms with Gasteiger partial charge < -0.3 is 15.2 Å². The average molecular weight is 386 g/mol. The largest absolute Gasteiger partial charge is 0.353 e. The van der Waals surface area contributed by atoms with E-state index in [1.165, 1.54) is 6.07 Å². The summed E-state index contributed by atoms with van der Waals surface area (Å²) in [5.41, 5.74) is 5.36. The fraction of sp³-hybridized carbons (Fsp3) is 0.400. The van der Waals surface area contributed by atoms with E-state index >= 15 is 0 Å². The number of H-pyrrole nitrogens is 1. The van der Waals surface area contributed by atoms with Gasteiger partial charge in [-0.05, 0) is 30.9 Å². The van der Waals surface area contributed by atoms with Gasteiger partial charge in [0.25, 0.3) is 5.56 Å². The lowest BCUT2D eigenvalue weighted by molar-refractivity contribution is 0.616. The van der Waals surface area contributed by atoms with Crippen molar-refractivity contribution in [2.75, 3.05) is 18.0 Å². The first-order chi connectivity index (χ1) is 11.5. The number of nitrogens with one attached hydrogen (secondary N) is 1. The Bertz CT molecular complexity index is 1080. The second-order valence-corrected chi connectivity index (χ2v) is 6.74. The summed E-state index contributed by atoms with van der Waals surface area (Å²) < 4.78 is 18.9. The van der Waals surface area contributed by atoms with E-state index in [0.29, 0.717) is 30.1 Å². The van der Waals surface area contributed by atoms with Gasteiger partial charge in [-0.1, -0.05) is 0 Å². The lowest BCUT2D eigenvalue weighted by Crippen LogP contribution is -2.28. The first-order valence-corrected chi connectivity index (χ1v) is 8.57. The summed E-state index contributed by atoms with van der Waals surface area (Å²) in [6.45, 7) is 3.57. The van der Waals surface area contributed by atoms with Gasteiger partial charge in [0, 0.05) is 25.7 Å². The van der Waals surface area contributed by atoms with Crippen LogP contribution in [0.15, 0.2) is 15.7 Å². The van der Waals surface area contributed by atoms with Gasteiger partial charge >= 0.3 is 0 Å². The molecule has 25 heavy (non-hydrogen) atoms. The van der Waals surface area contributed by atoms with Crippen LogP contribution in [0.2, 0.25) is 0 Å². The van der Waals surface area contributed by atoms with E-state index in [2.05, 4.69) is 9.36 Å². The Kier molecular flexibility index (Phi) is 4.56. The summed E-state index contributed by atoms with van der Waals surface area (Å²) in [5.74, 6) is -0.360. The summed E-state index contributed by atoms with van der Waals surface area (Å²) in [7, 11) is 0. The molecule has 134 valence electrons. The van der Waals surface area contributed by atoms with Crippen LogP contribution in [0.25, 0.3) is 21.3 Å². The van der Waals surface area contributed by atoms with Gasteiger partial charge in [0.2, 0.25) is 5.43 Å². The molecule has 1 aliphatic heterocycles. The molecule has 4 rings (SSSR count). The van der Waals surface area contributed by atoms with Gasteiger partial charge in [0.05, 0.1) is 5.39 Å². The van der Waals surface area contributed by atoms with Crippen LogP contribution >= 0.6 is 23.9 Å². The highest BCUT2D eigenvalue weighted by atomic mass is 35.5. The number of pyridine rings is 2. The Balaban J connectivity index is 0.00000182. The molecule has 0 radical (unpaired) electrons. The molecule has 10 heteroatoms. The molecule has 0 amide bonds. The molecule has 7 nitrogen and oxygen atoms in total. The molecule has 0 saturated carbocycles. The predicted octanol–water partition coefficient (Wildman–Crippen LogP) is 1.42. The molecule has 1 atom stereocenters. The summed E-state index contributed by atoms with van der Waals surface area (Å²) in [6.07, 6.45) is 0.776. The maximum absolute atomic E-state index is 14.6. The lowest BCUT2D eigenvalue weighted by atomic mass is 10.2. The van der Waals surface area contributed by atoms with Crippen LogP contribution in [0.3, 0.4) is 0 Å². The topological polar surface area (TPSA) is 97.0 Å².